The molecular formula is C9H12N2O3S. The van der Waals surface area contributed by atoms with Gasteiger partial charge in [-0.1, -0.05) is 0 Å². The minimum atomic E-state index is -0.945. The number of carbonyl (C=O) groups is 1. The smallest absolute Gasteiger partial charge is 0.346 e. The highest BCUT2D eigenvalue weighted by Gasteiger charge is 2.19. The normalized spacial score (nSPS) is 19.6. The van der Waals surface area contributed by atoms with Crippen molar-refractivity contribution in [1.82, 2.24) is 0 Å². The molecule has 0 spiro atoms. The first-order valence-corrected chi connectivity index (χ1v) is 5.46. The first-order chi connectivity index (χ1) is 7.16. The second-order valence-corrected chi connectivity index (χ2v) is 4.41. The van der Waals surface area contributed by atoms with Crippen LogP contribution in [-0.2, 0) is 4.74 Å². The van der Waals surface area contributed by atoms with E-state index in [1.807, 2.05) is 0 Å². The third-order valence-electron chi connectivity index (χ3n) is 2.26. The summed E-state index contributed by atoms with van der Waals surface area (Å²) in [5.74, 6) is -0.945. The van der Waals surface area contributed by atoms with Crippen molar-refractivity contribution in [3.05, 3.63) is 10.9 Å². The van der Waals surface area contributed by atoms with Gasteiger partial charge in [-0.05, 0) is 12.5 Å². The SMILES string of the molecule is Nc1cc(C(=O)O)sc1NCC1CCO1. The zero-order valence-corrected chi connectivity index (χ0v) is 8.84. The molecule has 15 heavy (non-hydrogen) atoms. The van der Waals surface area contributed by atoms with E-state index in [1.165, 1.54) is 6.07 Å². The second kappa shape index (κ2) is 4.08. The van der Waals surface area contributed by atoms with Crippen LogP contribution in [0.15, 0.2) is 6.07 Å². The van der Waals surface area contributed by atoms with Gasteiger partial charge in [0, 0.05) is 13.2 Å². The van der Waals surface area contributed by atoms with Crippen molar-refractivity contribution >= 4 is 28.0 Å². The highest BCUT2D eigenvalue weighted by molar-refractivity contribution is 7.18. The van der Waals surface area contributed by atoms with Gasteiger partial charge in [0.1, 0.15) is 9.88 Å². The summed E-state index contributed by atoms with van der Waals surface area (Å²) in [6, 6.07) is 1.47. The van der Waals surface area contributed by atoms with Crippen LogP contribution in [0.5, 0.6) is 0 Å². The molecule has 1 aliphatic rings. The summed E-state index contributed by atoms with van der Waals surface area (Å²) < 4.78 is 5.23. The van der Waals surface area contributed by atoms with Crippen molar-refractivity contribution in [1.29, 1.82) is 0 Å². The Morgan fingerprint density at radius 1 is 1.80 bits per heavy atom. The molecule has 2 heterocycles. The lowest BCUT2D eigenvalue weighted by Crippen LogP contribution is -2.33. The van der Waals surface area contributed by atoms with Gasteiger partial charge in [-0.3, -0.25) is 0 Å². The van der Waals surface area contributed by atoms with Gasteiger partial charge >= 0.3 is 5.97 Å². The zero-order chi connectivity index (χ0) is 10.8. The standard InChI is InChI=1S/C9H12N2O3S/c10-6-3-7(9(12)13)15-8(6)11-4-5-1-2-14-5/h3,5,11H,1-2,4,10H2,(H,12,13). The van der Waals surface area contributed by atoms with Crippen molar-refractivity contribution in [3.8, 4) is 0 Å². The number of carboxylic acids is 1. The molecule has 4 N–H and O–H groups in total. The van der Waals surface area contributed by atoms with Crippen molar-refractivity contribution in [3.63, 3.8) is 0 Å². The lowest BCUT2D eigenvalue weighted by Gasteiger charge is -2.26. The van der Waals surface area contributed by atoms with Gasteiger partial charge in [-0.25, -0.2) is 4.79 Å². The zero-order valence-electron chi connectivity index (χ0n) is 8.03. The fourth-order valence-corrected chi connectivity index (χ4v) is 2.13. The largest absolute Gasteiger partial charge is 0.477 e. The molecule has 0 radical (unpaired) electrons. The van der Waals surface area contributed by atoms with Crippen LogP contribution < -0.4 is 11.1 Å². The molecule has 1 atom stereocenters. The second-order valence-electron chi connectivity index (χ2n) is 3.36. The maximum Gasteiger partial charge on any atom is 0.346 e. The average molecular weight is 228 g/mol. The van der Waals surface area contributed by atoms with E-state index < -0.39 is 5.97 Å². The summed E-state index contributed by atoms with van der Waals surface area (Å²) in [5.41, 5.74) is 6.15. The number of nitrogens with two attached hydrogens (primary N) is 1. The molecule has 0 bridgehead atoms. The van der Waals surface area contributed by atoms with Crippen LogP contribution in [0.4, 0.5) is 10.7 Å². The molecule has 2 rings (SSSR count). The van der Waals surface area contributed by atoms with Gasteiger partial charge in [0.25, 0.3) is 0 Å². The van der Waals surface area contributed by atoms with Gasteiger partial charge in [0.2, 0.25) is 0 Å². The van der Waals surface area contributed by atoms with Crippen LogP contribution >= 0.6 is 11.3 Å². The Morgan fingerprint density at radius 3 is 3.00 bits per heavy atom. The van der Waals surface area contributed by atoms with Crippen molar-refractivity contribution < 1.29 is 14.6 Å². The van der Waals surface area contributed by atoms with Crippen LogP contribution in [0.3, 0.4) is 0 Å². The molecule has 1 aliphatic heterocycles. The average Bonchev–Trinajstić information content (AvgIpc) is 2.45. The molecule has 0 aromatic carbocycles. The molecule has 82 valence electrons. The monoisotopic (exact) mass is 228 g/mol. The lowest BCUT2D eigenvalue weighted by molar-refractivity contribution is -0.0410. The number of hydrogen-bond donors (Lipinski definition) is 3. The molecule has 1 aromatic heterocycles. The van der Waals surface area contributed by atoms with E-state index >= 15 is 0 Å². The third-order valence-corrected chi connectivity index (χ3v) is 3.35. The first-order valence-electron chi connectivity index (χ1n) is 4.65. The predicted molar refractivity (Wildman–Crippen MR) is 58.5 cm³/mol. The van der Waals surface area contributed by atoms with E-state index in [-0.39, 0.29) is 11.0 Å². The van der Waals surface area contributed by atoms with Crippen molar-refractivity contribution in [2.45, 2.75) is 12.5 Å². The first kappa shape index (κ1) is 10.3. The molecule has 1 aromatic rings. The summed E-state index contributed by atoms with van der Waals surface area (Å²) in [6.45, 7) is 1.50. The van der Waals surface area contributed by atoms with Crippen LogP contribution in [0.2, 0.25) is 0 Å². The summed E-state index contributed by atoms with van der Waals surface area (Å²) in [6.07, 6.45) is 1.28. The number of anilines is 2. The van der Waals surface area contributed by atoms with Crippen LogP contribution in [-0.4, -0.2) is 30.3 Å². The predicted octanol–water partition coefficient (Wildman–Crippen LogP) is 1.23. The number of thiophene rings is 1. The fraction of sp³-hybridized carbons (Fsp3) is 0.444. The number of hydrogen-bond acceptors (Lipinski definition) is 5. The topological polar surface area (TPSA) is 84.6 Å². The molecular weight excluding hydrogens is 216 g/mol. The number of nitrogens with one attached hydrogen (secondary N) is 1. The lowest BCUT2D eigenvalue weighted by atomic mass is 10.2. The van der Waals surface area contributed by atoms with Crippen LogP contribution in [0, 0.1) is 0 Å². The number of carboxylic acid groups (broad SMARTS) is 1. The number of aromatic carboxylic acids is 1. The minimum absolute atomic E-state index is 0.236. The Balaban J connectivity index is 1.97. The van der Waals surface area contributed by atoms with Gasteiger partial charge < -0.3 is 20.9 Å². The van der Waals surface area contributed by atoms with Crippen LogP contribution in [0.25, 0.3) is 0 Å². The summed E-state index contributed by atoms with van der Waals surface area (Å²) in [5, 5.41) is 12.6. The summed E-state index contributed by atoms with van der Waals surface area (Å²) >= 11 is 1.15. The number of rotatable bonds is 4. The molecule has 1 unspecified atom stereocenters. The summed E-state index contributed by atoms with van der Waals surface area (Å²) in [7, 11) is 0. The minimum Gasteiger partial charge on any atom is -0.477 e. The highest BCUT2D eigenvalue weighted by atomic mass is 32.1. The molecule has 0 amide bonds. The Morgan fingerprint density at radius 2 is 2.53 bits per heavy atom. The highest BCUT2D eigenvalue weighted by Crippen LogP contribution is 2.30. The number of ether oxygens (including phenoxy) is 1. The molecule has 1 fully saturated rings. The van der Waals surface area contributed by atoms with Gasteiger partial charge in [-0.15, -0.1) is 11.3 Å². The fourth-order valence-electron chi connectivity index (χ4n) is 1.30. The van der Waals surface area contributed by atoms with Crippen molar-refractivity contribution in [2.24, 2.45) is 0 Å². The van der Waals surface area contributed by atoms with E-state index in [0.717, 1.165) is 24.4 Å². The Kier molecular flexibility index (Phi) is 2.79. The molecule has 5 nitrogen and oxygen atoms in total. The molecule has 6 heteroatoms. The van der Waals surface area contributed by atoms with Crippen molar-refractivity contribution in [2.75, 3.05) is 24.2 Å². The van der Waals surface area contributed by atoms with Crippen LogP contribution in [0.1, 0.15) is 16.1 Å². The van der Waals surface area contributed by atoms with Gasteiger partial charge in [0.15, 0.2) is 0 Å². The van der Waals surface area contributed by atoms with E-state index in [1.54, 1.807) is 0 Å². The van der Waals surface area contributed by atoms with E-state index in [4.69, 9.17) is 15.6 Å². The maximum absolute atomic E-state index is 10.7. The Hall–Kier alpha value is -1.27. The van der Waals surface area contributed by atoms with Gasteiger partial charge in [-0.2, -0.15) is 0 Å². The quantitative estimate of drug-likeness (QED) is 0.721. The van der Waals surface area contributed by atoms with Gasteiger partial charge in [0.05, 0.1) is 11.8 Å². The van der Waals surface area contributed by atoms with E-state index in [9.17, 15) is 4.79 Å². The Labute approximate surface area is 90.8 Å². The van der Waals surface area contributed by atoms with E-state index in [0.29, 0.717) is 17.2 Å². The molecule has 0 aliphatic carbocycles. The third kappa shape index (κ3) is 2.21. The number of nitrogen functional groups attached to an aromatic ring is 1. The summed E-state index contributed by atoms with van der Waals surface area (Å²) in [4.78, 5) is 10.9. The molecule has 1 saturated heterocycles. The maximum atomic E-state index is 10.7. The Bertz CT molecular complexity index is 373. The van der Waals surface area contributed by atoms with E-state index in [2.05, 4.69) is 5.32 Å². The molecule has 0 saturated carbocycles.